The zero-order valence-electron chi connectivity index (χ0n) is 13.1. The molecule has 3 heterocycles. The van der Waals surface area contributed by atoms with Crippen LogP contribution >= 0.6 is 0 Å². The van der Waals surface area contributed by atoms with Crippen LogP contribution < -0.4 is 0 Å². The summed E-state index contributed by atoms with van der Waals surface area (Å²) in [4.78, 5) is 20.8. The number of esters is 1. The van der Waals surface area contributed by atoms with Crippen LogP contribution in [0.1, 0.15) is 28.4 Å². The van der Waals surface area contributed by atoms with Gasteiger partial charge in [-0.25, -0.2) is 19.1 Å². The number of carbonyl (C=O) groups is 1. The molecule has 0 unspecified atom stereocenters. The van der Waals surface area contributed by atoms with E-state index in [4.69, 9.17) is 4.74 Å². The maximum absolute atomic E-state index is 12.1. The van der Waals surface area contributed by atoms with Crippen LogP contribution in [0.15, 0.2) is 31.0 Å². The monoisotopic (exact) mass is 312 g/mol. The molecule has 8 heteroatoms. The van der Waals surface area contributed by atoms with E-state index in [0.29, 0.717) is 11.8 Å². The Labute approximate surface area is 132 Å². The van der Waals surface area contributed by atoms with Crippen molar-refractivity contribution in [3.63, 3.8) is 0 Å². The van der Waals surface area contributed by atoms with Gasteiger partial charge in [0.05, 0.1) is 19.0 Å². The van der Waals surface area contributed by atoms with E-state index in [1.807, 2.05) is 13.8 Å². The smallest absolute Gasteiger partial charge is 0.343 e. The molecule has 0 saturated carbocycles. The third-order valence-corrected chi connectivity index (χ3v) is 3.10. The van der Waals surface area contributed by atoms with Gasteiger partial charge in [-0.05, 0) is 31.9 Å². The Balaban J connectivity index is 2.12. The molecular formula is C15H16N6O2. The van der Waals surface area contributed by atoms with Crippen molar-refractivity contribution in [3.05, 3.63) is 47.7 Å². The summed E-state index contributed by atoms with van der Waals surface area (Å²) >= 11 is 0. The normalized spacial score (nSPS) is 10.7. The van der Waals surface area contributed by atoms with Crippen molar-refractivity contribution >= 4 is 5.97 Å². The third-order valence-electron chi connectivity index (χ3n) is 3.10. The average molecular weight is 312 g/mol. The quantitative estimate of drug-likeness (QED) is 0.681. The third kappa shape index (κ3) is 2.96. The molecule has 0 amide bonds. The fourth-order valence-electron chi connectivity index (χ4n) is 2.05. The fourth-order valence-corrected chi connectivity index (χ4v) is 2.05. The van der Waals surface area contributed by atoms with Crippen LogP contribution in [0.5, 0.6) is 0 Å². The number of aromatic nitrogens is 6. The summed E-state index contributed by atoms with van der Waals surface area (Å²) in [5, 5.41) is 8.40. The van der Waals surface area contributed by atoms with E-state index < -0.39 is 5.97 Å². The predicted molar refractivity (Wildman–Crippen MR) is 81.7 cm³/mol. The summed E-state index contributed by atoms with van der Waals surface area (Å²) in [7, 11) is 0. The minimum atomic E-state index is -0.487. The molecule has 0 bridgehead atoms. The summed E-state index contributed by atoms with van der Waals surface area (Å²) in [5.41, 5.74) is 2.19. The number of nitrogens with zero attached hydrogens (tertiary/aromatic N) is 6. The van der Waals surface area contributed by atoms with Crippen molar-refractivity contribution < 1.29 is 9.53 Å². The molecule has 0 aliphatic heterocycles. The van der Waals surface area contributed by atoms with Gasteiger partial charge in [0.25, 0.3) is 5.95 Å². The maximum Gasteiger partial charge on any atom is 0.343 e. The van der Waals surface area contributed by atoms with Gasteiger partial charge in [-0.1, -0.05) is 0 Å². The molecule has 0 spiro atoms. The predicted octanol–water partition coefficient (Wildman–Crippen LogP) is 1.64. The van der Waals surface area contributed by atoms with Crippen LogP contribution in [-0.4, -0.2) is 42.1 Å². The fraction of sp³-hybridized carbons (Fsp3) is 0.267. The van der Waals surface area contributed by atoms with Crippen LogP contribution in [0.2, 0.25) is 0 Å². The molecular weight excluding hydrogens is 296 g/mol. The first kappa shape index (κ1) is 14.9. The van der Waals surface area contributed by atoms with Gasteiger partial charge in [0.15, 0.2) is 5.82 Å². The van der Waals surface area contributed by atoms with Gasteiger partial charge >= 0.3 is 5.97 Å². The standard InChI is InChI=1S/C15H16N6O2/c1-4-23-14(22)12-7-16-15(21-9-11(3)6-18-21)19-13(12)20-8-10(2)5-17-20/h5-9H,4H2,1-3H3. The summed E-state index contributed by atoms with van der Waals surface area (Å²) in [6.07, 6.45) is 8.42. The zero-order chi connectivity index (χ0) is 16.4. The highest BCUT2D eigenvalue weighted by atomic mass is 16.5. The number of rotatable bonds is 4. The number of aryl methyl sites for hydroxylation is 2. The van der Waals surface area contributed by atoms with Crippen molar-refractivity contribution in [2.24, 2.45) is 0 Å². The Bertz CT molecular complexity index is 851. The summed E-state index contributed by atoms with van der Waals surface area (Å²) in [6, 6.07) is 0. The second-order valence-corrected chi connectivity index (χ2v) is 5.05. The van der Waals surface area contributed by atoms with Crippen LogP contribution in [0, 0.1) is 13.8 Å². The van der Waals surface area contributed by atoms with E-state index in [9.17, 15) is 4.79 Å². The lowest BCUT2D eigenvalue weighted by molar-refractivity contribution is 0.0525. The zero-order valence-corrected chi connectivity index (χ0v) is 13.1. The molecule has 23 heavy (non-hydrogen) atoms. The Morgan fingerprint density at radius 2 is 1.74 bits per heavy atom. The van der Waals surface area contributed by atoms with Crippen molar-refractivity contribution in [3.8, 4) is 11.8 Å². The first-order valence-electron chi connectivity index (χ1n) is 7.16. The highest BCUT2D eigenvalue weighted by molar-refractivity contribution is 5.92. The molecule has 0 aromatic carbocycles. The van der Waals surface area contributed by atoms with Crippen molar-refractivity contribution in [1.82, 2.24) is 29.5 Å². The molecule has 0 atom stereocenters. The molecule has 0 N–H and O–H groups in total. The second kappa shape index (κ2) is 5.99. The Morgan fingerprint density at radius 3 is 2.30 bits per heavy atom. The van der Waals surface area contributed by atoms with Crippen LogP contribution in [0.3, 0.4) is 0 Å². The number of ether oxygens (including phenoxy) is 1. The average Bonchev–Trinajstić information content (AvgIpc) is 3.15. The lowest BCUT2D eigenvalue weighted by atomic mass is 10.3. The minimum Gasteiger partial charge on any atom is -0.462 e. The number of hydrogen-bond acceptors (Lipinski definition) is 6. The molecule has 0 fully saturated rings. The highest BCUT2D eigenvalue weighted by Crippen LogP contribution is 2.15. The van der Waals surface area contributed by atoms with Gasteiger partial charge in [-0.15, -0.1) is 0 Å². The van der Waals surface area contributed by atoms with Crippen molar-refractivity contribution in [1.29, 1.82) is 0 Å². The lowest BCUT2D eigenvalue weighted by Crippen LogP contribution is -2.15. The first-order valence-corrected chi connectivity index (χ1v) is 7.16. The second-order valence-electron chi connectivity index (χ2n) is 5.05. The van der Waals surface area contributed by atoms with Crippen molar-refractivity contribution in [2.75, 3.05) is 6.61 Å². The van der Waals surface area contributed by atoms with E-state index >= 15 is 0 Å². The van der Waals surface area contributed by atoms with E-state index in [1.54, 1.807) is 36.4 Å². The summed E-state index contributed by atoms with van der Waals surface area (Å²) < 4.78 is 8.14. The molecule has 0 radical (unpaired) electrons. The van der Waals surface area contributed by atoms with Gasteiger partial charge in [0.2, 0.25) is 0 Å². The first-order chi connectivity index (χ1) is 11.1. The van der Waals surface area contributed by atoms with Gasteiger partial charge in [0.1, 0.15) is 5.56 Å². The molecule has 118 valence electrons. The largest absolute Gasteiger partial charge is 0.462 e. The van der Waals surface area contributed by atoms with E-state index in [-0.39, 0.29) is 12.2 Å². The lowest BCUT2D eigenvalue weighted by Gasteiger charge is -2.09. The highest BCUT2D eigenvalue weighted by Gasteiger charge is 2.19. The van der Waals surface area contributed by atoms with E-state index in [0.717, 1.165) is 11.1 Å². The summed E-state index contributed by atoms with van der Waals surface area (Å²) in [5.74, 6) is 0.225. The van der Waals surface area contributed by atoms with Crippen LogP contribution in [0.4, 0.5) is 0 Å². The van der Waals surface area contributed by atoms with Gasteiger partial charge in [-0.2, -0.15) is 15.2 Å². The van der Waals surface area contributed by atoms with Crippen molar-refractivity contribution in [2.45, 2.75) is 20.8 Å². The van der Waals surface area contributed by atoms with E-state index in [1.165, 1.54) is 10.9 Å². The summed E-state index contributed by atoms with van der Waals surface area (Å²) in [6.45, 7) is 5.86. The Morgan fingerprint density at radius 1 is 1.09 bits per heavy atom. The molecule has 3 aromatic heterocycles. The molecule has 3 rings (SSSR count). The molecule has 0 aliphatic rings. The maximum atomic E-state index is 12.1. The Kier molecular flexibility index (Phi) is 3.88. The molecule has 8 nitrogen and oxygen atoms in total. The van der Waals surface area contributed by atoms with Crippen LogP contribution in [0.25, 0.3) is 11.8 Å². The SMILES string of the molecule is CCOC(=O)c1cnc(-n2cc(C)cn2)nc1-n1cc(C)cn1. The number of hydrogen-bond donors (Lipinski definition) is 0. The minimum absolute atomic E-state index is 0.252. The Hall–Kier alpha value is -3.03. The molecule has 3 aromatic rings. The molecule has 0 aliphatic carbocycles. The molecule has 0 saturated heterocycles. The van der Waals surface area contributed by atoms with E-state index in [2.05, 4.69) is 20.2 Å². The van der Waals surface area contributed by atoms with Gasteiger partial charge < -0.3 is 4.74 Å². The number of carbonyl (C=O) groups excluding carboxylic acids is 1. The van der Waals surface area contributed by atoms with Gasteiger partial charge in [0, 0.05) is 18.6 Å². The van der Waals surface area contributed by atoms with Gasteiger partial charge in [-0.3, -0.25) is 0 Å². The topological polar surface area (TPSA) is 87.7 Å². The van der Waals surface area contributed by atoms with Crippen LogP contribution in [-0.2, 0) is 4.74 Å².